The molecule has 1 aliphatic rings. The van der Waals surface area contributed by atoms with Gasteiger partial charge >= 0.3 is 0 Å². The summed E-state index contributed by atoms with van der Waals surface area (Å²) in [4.78, 5) is 10.6. The van der Waals surface area contributed by atoms with Gasteiger partial charge in [-0.3, -0.25) is 10.1 Å². The number of anilines is 1. The Hall–Kier alpha value is -2.76. The molecule has 1 atom stereocenters. The monoisotopic (exact) mass is 370 g/mol. The van der Waals surface area contributed by atoms with E-state index in [9.17, 15) is 15.2 Å². The number of ether oxygens (including phenoxy) is 1. The third-order valence-corrected chi connectivity index (χ3v) is 4.79. The Morgan fingerprint density at radius 2 is 1.74 bits per heavy atom. The Labute approximate surface area is 159 Å². The van der Waals surface area contributed by atoms with Gasteiger partial charge < -0.3 is 15.2 Å². The second kappa shape index (κ2) is 6.15. The van der Waals surface area contributed by atoms with Crippen molar-refractivity contribution in [3.05, 3.63) is 57.1 Å². The molecular weight excluding hydrogens is 344 g/mol. The zero-order valence-electron chi connectivity index (χ0n) is 16.6. The van der Waals surface area contributed by atoms with E-state index >= 15 is 0 Å². The lowest BCUT2D eigenvalue weighted by molar-refractivity contribution is -0.385. The Morgan fingerprint density at radius 1 is 1.07 bits per heavy atom. The molecule has 2 aromatic carbocycles. The van der Waals surface area contributed by atoms with Gasteiger partial charge in [0.1, 0.15) is 11.5 Å². The highest BCUT2D eigenvalue weighted by Crippen LogP contribution is 2.48. The summed E-state index contributed by atoms with van der Waals surface area (Å²) in [5.41, 5.74) is 3.14. The minimum atomic E-state index is -0.684. The Balaban J connectivity index is 2.09. The van der Waals surface area contributed by atoms with E-state index in [4.69, 9.17) is 4.74 Å². The van der Waals surface area contributed by atoms with Crippen molar-refractivity contribution in [3.8, 4) is 11.5 Å². The van der Waals surface area contributed by atoms with Crippen molar-refractivity contribution < 1.29 is 14.8 Å². The summed E-state index contributed by atoms with van der Waals surface area (Å²) in [5, 5.41) is 24.6. The van der Waals surface area contributed by atoms with Crippen molar-refractivity contribution >= 4 is 11.4 Å². The van der Waals surface area contributed by atoms with Gasteiger partial charge in [-0.25, -0.2) is 0 Å². The van der Waals surface area contributed by atoms with E-state index in [1.807, 2.05) is 0 Å². The van der Waals surface area contributed by atoms with Gasteiger partial charge in [0.2, 0.25) is 6.23 Å². The maximum atomic E-state index is 11.1. The Morgan fingerprint density at radius 3 is 2.30 bits per heavy atom. The Bertz CT molecular complexity index is 908. The van der Waals surface area contributed by atoms with Crippen LogP contribution in [0.4, 0.5) is 11.4 Å². The van der Waals surface area contributed by atoms with E-state index in [1.165, 1.54) is 23.8 Å². The van der Waals surface area contributed by atoms with Crippen LogP contribution in [0.5, 0.6) is 11.5 Å². The van der Waals surface area contributed by atoms with E-state index < -0.39 is 11.2 Å². The topological polar surface area (TPSA) is 84.6 Å². The highest BCUT2D eigenvalue weighted by Gasteiger charge is 2.34. The third-order valence-electron chi connectivity index (χ3n) is 4.79. The summed E-state index contributed by atoms with van der Waals surface area (Å²) in [6.07, 6.45) is -0.684. The normalized spacial score (nSPS) is 16.4. The summed E-state index contributed by atoms with van der Waals surface area (Å²) in [6.45, 7) is 12.8. The first-order valence-electron chi connectivity index (χ1n) is 8.97. The quantitative estimate of drug-likeness (QED) is 0.546. The number of aromatic hydroxyl groups is 1. The molecule has 0 spiro atoms. The maximum absolute atomic E-state index is 11.1. The van der Waals surface area contributed by atoms with E-state index in [2.05, 4.69) is 59.0 Å². The minimum Gasteiger partial charge on any atom is -0.507 e. The molecule has 0 radical (unpaired) electrons. The molecule has 2 aromatic rings. The molecule has 1 aliphatic heterocycles. The van der Waals surface area contributed by atoms with Crippen LogP contribution in [-0.4, -0.2) is 10.0 Å². The fourth-order valence-electron chi connectivity index (χ4n) is 3.15. The smallest absolute Gasteiger partial charge is 0.270 e. The summed E-state index contributed by atoms with van der Waals surface area (Å²) in [5.74, 6) is 0.686. The predicted octanol–water partition coefficient (Wildman–Crippen LogP) is 5.40. The average molecular weight is 370 g/mol. The van der Waals surface area contributed by atoms with Crippen LogP contribution in [0.15, 0.2) is 30.3 Å². The van der Waals surface area contributed by atoms with E-state index in [0.717, 1.165) is 17.0 Å². The summed E-state index contributed by atoms with van der Waals surface area (Å²) in [7, 11) is 0. The zero-order valence-corrected chi connectivity index (χ0v) is 16.6. The molecule has 0 saturated heterocycles. The van der Waals surface area contributed by atoms with Crippen molar-refractivity contribution in [1.82, 2.24) is 0 Å². The molecule has 0 saturated carbocycles. The number of nitrogens with zero attached hydrogens (tertiary/aromatic N) is 1. The van der Waals surface area contributed by atoms with Gasteiger partial charge in [-0.2, -0.15) is 0 Å². The fraction of sp³-hybridized carbons (Fsp3) is 0.429. The highest BCUT2D eigenvalue weighted by molar-refractivity contribution is 5.68. The number of non-ortho nitro benzene ring substituents is 1. The van der Waals surface area contributed by atoms with Crippen LogP contribution in [0.3, 0.4) is 0 Å². The maximum Gasteiger partial charge on any atom is 0.270 e. The van der Waals surface area contributed by atoms with Crippen molar-refractivity contribution in [2.24, 2.45) is 0 Å². The molecule has 6 nitrogen and oxygen atoms in total. The molecule has 27 heavy (non-hydrogen) atoms. The number of nitro benzene ring substituents is 1. The van der Waals surface area contributed by atoms with Crippen molar-refractivity contribution in [1.29, 1.82) is 0 Å². The molecule has 0 aromatic heterocycles. The number of fused-ring (bicyclic) bond motifs is 1. The first kappa shape index (κ1) is 19.0. The number of phenols is 1. The molecule has 2 N–H and O–H groups in total. The average Bonchev–Trinajstić information content (AvgIpc) is 2.95. The summed E-state index contributed by atoms with van der Waals surface area (Å²) < 4.78 is 6.14. The van der Waals surface area contributed by atoms with Crippen LogP contribution >= 0.6 is 0 Å². The lowest BCUT2D eigenvalue weighted by Crippen LogP contribution is -2.17. The molecule has 0 amide bonds. The van der Waals surface area contributed by atoms with Gasteiger partial charge in [-0.15, -0.1) is 0 Å². The van der Waals surface area contributed by atoms with Gasteiger partial charge in [-0.05, 0) is 28.5 Å². The van der Waals surface area contributed by atoms with Crippen LogP contribution in [-0.2, 0) is 10.8 Å². The number of benzene rings is 2. The second-order valence-electron chi connectivity index (χ2n) is 9.04. The first-order chi connectivity index (χ1) is 12.4. The summed E-state index contributed by atoms with van der Waals surface area (Å²) >= 11 is 0. The van der Waals surface area contributed by atoms with Crippen LogP contribution < -0.4 is 10.1 Å². The standard InChI is InChI=1S/C21H26N2O4/c1-20(2,3)12-9-15(21(4,5)6)18-16(10-12)22-19(27-18)14-11-13(23(25)26)7-8-17(14)24/h7-11,19,22,24H,1-6H3. The van der Waals surface area contributed by atoms with Crippen LogP contribution in [0.25, 0.3) is 0 Å². The zero-order chi connectivity index (χ0) is 20.1. The highest BCUT2D eigenvalue weighted by atomic mass is 16.6. The van der Waals surface area contributed by atoms with Gasteiger partial charge in [0.25, 0.3) is 5.69 Å². The molecule has 0 fully saturated rings. The number of phenolic OH excluding ortho intramolecular Hbond substituents is 1. The molecule has 3 rings (SSSR count). The summed E-state index contributed by atoms with van der Waals surface area (Å²) in [6, 6.07) is 8.17. The SMILES string of the molecule is CC(C)(C)c1cc2c(c(C(C)(C)C)c1)OC(c1cc([N+](=O)[O-])ccc1O)N2. The predicted molar refractivity (Wildman–Crippen MR) is 106 cm³/mol. The third kappa shape index (κ3) is 3.56. The van der Waals surface area contributed by atoms with Crippen LogP contribution in [0, 0.1) is 10.1 Å². The largest absolute Gasteiger partial charge is 0.507 e. The van der Waals surface area contributed by atoms with E-state index in [0.29, 0.717) is 5.56 Å². The fourth-order valence-corrected chi connectivity index (χ4v) is 3.15. The molecular formula is C21H26N2O4. The minimum absolute atomic E-state index is 0.0392. The van der Waals surface area contributed by atoms with Crippen molar-refractivity contribution in [3.63, 3.8) is 0 Å². The number of nitrogens with one attached hydrogen (secondary N) is 1. The number of hydrogen-bond donors (Lipinski definition) is 2. The van der Waals surface area contributed by atoms with Crippen molar-refractivity contribution in [2.75, 3.05) is 5.32 Å². The number of nitro groups is 1. The molecule has 0 aliphatic carbocycles. The van der Waals surface area contributed by atoms with Gasteiger partial charge in [0.15, 0.2) is 0 Å². The molecule has 0 bridgehead atoms. The van der Waals surface area contributed by atoms with Crippen LogP contribution in [0.1, 0.15) is 64.5 Å². The van der Waals surface area contributed by atoms with Crippen LogP contribution in [0.2, 0.25) is 0 Å². The first-order valence-corrected chi connectivity index (χ1v) is 8.97. The van der Waals surface area contributed by atoms with Crippen molar-refractivity contribution in [2.45, 2.75) is 58.6 Å². The van der Waals surface area contributed by atoms with Gasteiger partial charge in [0.05, 0.1) is 16.2 Å². The lowest BCUT2D eigenvalue weighted by Gasteiger charge is -2.26. The van der Waals surface area contributed by atoms with E-state index in [-0.39, 0.29) is 22.3 Å². The van der Waals surface area contributed by atoms with Gasteiger partial charge in [0, 0.05) is 17.7 Å². The molecule has 1 unspecified atom stereocenters. The number of rotatable bonds is 2. The molecule has 144 valence electrons. The molecule has 6 heteroatoms. The second-order valence-corrected chi connectivity index (χ2v) is 9.04. The van der Waals surface area contributed by atoms with E-state index in [1.54, 1.807) is 0 Å². The lowest BCUT2D eigenvalue weighted by atomic mass is 9.80. The number of hydrogen-bond acceptors (Lipinski definition) is 5. The Kier molecular flexibility index (Phi) is 4.33. The molecule has 1 heterocycles. The van der Waals surface area contributed by atoms with Gasteiger partial charge in [-0.1, -0.05) is 47.6 Å².